The van der Waals surface area contributed by atoms with Crippen LogP contribution in [0.25, 0.3) is 16.8 Å². The van der Waals surface area contributed by atoms with E-state index in [1.807, 2.05) is 6.07 Å². The summed E-state index contributed by atoms with van der Waals surface area (Å²) in [4.78, 5) is 16.7. The number of rotatable bonds is 4. The highest BCUT2D eigenvalue weighted by Gasteiger charge is 2.21. The third-order valence-electron chi connectivity index (χ3n) is 5.94. The lowest BCUT2D eigenvalue weighted by molar-refractivity contribution is -0.102. The minimum atomic E-state index is -0.261. The average Bonchev–Trinajstić information content (AvgIpc) is 2.78. The highest BCUT2D eigenvalue weighted by atomic mass is 16.6. The van der Waals surface area contributed by atoms with Crippen LogP contribution in [0, 0.1) is 0 Å². The number of allylic oxidation sites excluding steroid dienone is 2. The van der Waals surface area contributed by atoms with Gasteiger partial charge in [-0.1, -0.05) is 24.3 Å². The van der Waals surface area contributed by atoms with Crippen molar-refractivity contribution < 1.29 is 14.2 Å². The Bertz CT molecular complexity index is 989. The number of benzene rings is 1. The van der Waals surface area contributed by atoms with Gasteiger partial charge in [-0.15, -0.1) is 0 Å². The molecule has 0 radical (unpaired) electrons. The van der Waals surface area contributed by atoms with Gasteiger partial charge >= 0.3 is 5.69 Å². The van der Waals surface area contributed by atoms with Crippen molar-refractivity contribution in [1.82, 2.24) is 9.55 Å². The fraction of sp³-hybridized carbons (Fsp3) is 0.478. The molecule has 1 fully saturated rings. The molecule has 6 heteroatoms. The molecule has 0 bridgehead atoms. The minimum absolute atomic E-state index is 0.122. The second kappa shape index (κ2) is 8.13. The SMILES string of the molecule is O=c1nc(OCC2COCCO2)cc2n1CCc1cc(C3=CCCCC3)ccc1-2. The van der Waals surface area contributed by atoms with Crippen LogP contribution in [0.1, 0.15) is 36.8 Å². The van der Waals surface area contributed by atoms with Crippen molar-refractivity contribution >= 4 is 5.57 Å². The molecule has 1 aromatic carbocycles. The third kappa shape index (κ3) is 3.87. The van der Waals surface area contributed by atoms with Crippen molar-refractivity contribution in [3.63, 3.8) is 0 Å². The van der Waals surface area contributed by atoms with Gasteiger partial charge in [0.2, 0.25) is 5.88 Å². The van der Waals surface area contributed by atoms with Gasteiger partial charge in [-0.3, -0.25) is 4.57 Å². The van der Waals surface area contributed by atoms with Crippen LogP contribution in [0.2, 0.25) is 0 Å². The number of aryl methyl sites for hydroxylation is 1. The van der Waals surface area contributed by atoms with Crippen LogP contribution in [0.15, 0.2) is 35.1 Å². The number of aromatic nitrogens is 2. The summed E-state index contributed by atoms with van der Waals surface area (Å²) in [5.74, 6) is 0.349. The molecule has 1 unspecified atom stereocenters. The predicted octanol–water partition coefficient (Wildman–Crippen LogP) is 3.22. The van der Waals surface area contributed by atoms with E-state index < -0.39 is 0 Å². The largest absolute Gasteiger partial charge is 0.475 e. The van der Waals surface area contributed by atoms with E-state index in [9.17, 15) is 4.79 Å². The standard InChI is InChI=1S/C23H26N2O4/c26-23-24-22(29-15-19-14-27-10-11-28-19)13-21-20-7-6-17(16-4-2-1-3-5-16)12-18(20)8-9-25(21)23/h4,6-7,12-13,19H,1-3,5,8-11,14-15H2. The van der Waals surface area contributed by atoms with Gasteiger partial charge in [0.25, 0.3) is 0 Å². The van der Waals surface area contributed by atoms with E-state index in [4.69, 9.17) is 14.2 Å². The van der Waals surface area contributed by atoms with E-state index in [2.05, 4.69) is 29.3 Å². The maximum absolute atomic E-state index is 12.6. The summed E-state index contributed by atoms with van der Waals surface area (Å²) in [5.41, 5.74) is 5.77. The molecule has 3 heterocycles. The smallest absolute Gasteiger partial charge is 0.351 e. The monoisotopic (exact) mass is 394 g/mol. The molecule has 1 aliphatic carbocycles. The molecule has 0 N–H and O–H groups in total. The van der Waals surface area contributed by atoms with Gasteiger partial charge in [0.15, 0.2) is 0 Å². The molecule has 2 aromatic rings. The zero-order valence-corrected chi connectivity index (χ0v) is 16.6. The van der Waals surface area contributed by atoms with Gasteiger partial charge in [-0.2, -0.15) is 4.98 Å². The van der Waals surface area contributed by atoms with Gasteiger partial charge in [0, 0.05) is 18.2 Å². The van der Waals surface area contributed by atoms with Crippen molar-refractivity contribution in [3.05, 3.63) is 52.0 Å². The van der Waals surface area contributed by atoms with Gasteiger partial charge < -0.3 is 14.2 Å². The molecule has 1 atom stereocenters. The van der Waals surface area contributed by atoms with E-state index in [1.165, 1.54) is 36.0 Å². The summed E-state index contributed by atoms with van der Waals surface area (Å²) < 4.78 is 18.5. The number of nitrogens with zero attached hydrogens (tertiary/aromatic N) is 2. The first kappa shape index (κ1) is 18.6. The summed E-state index contributed by atoms with van der Waals surface area (Å²) >= 11 is 0. The highest BCUT2D eigenvalue weighted by molar-refractivity contribution is 5.73. The van der Waals surface area contributed by atoms with Crippen molar-refractivity contribution in [2.45, 2.75) is 44.8 Å². The molecule has 0 saturated carbocycles. The Morgan fingerprint density at radius 2 is 2.14 bits per heavy atom. The molecule has 0 spiro atoms. The second-order valence-electron chi connectivity index (χ2n) is 7.89. The fourth-order valence-electron chi connectivity index (χ4n) is 4.39. The van der Waals surface area contributed by atoms with E-state index in [0.29, 0.717) is 38.9 Å². The fourth-order valence-corrected chi connectivity index (χ4v) is 4.39. The summed E-state index contributed by atoms with van der Waals surface area (Å²) in [6.07, 6.45) is 7.99. The molecule has 6 nitrogen and oxygen atoms in total. The minimum Gasteiger partial charge on any atom is -0.475 e. The normalized spacial score (nSPS) is 21.1. The average molecular weight is 394 g/mol. The molecular formula is C23H26N2O4. The van der Waals surface area contributed by atoms with Crippen LogP contribution in [0.4, 0.5) is 0 Å². The molecule has 1 saturated heterocycles. The van der Waals surface area contributed by atoms with Crippen LogP contribution in [0.5, 0.6) is 5.88 Å². The van der Waals surface area contributed by atoms with E-state index in [1.54, 1.807) is 4.57 Å². The van der Waals surface area contributed by atoms with E-state index >= 15 is 0 Å². The topological polar surface area (TPSA) is 62.6 Å². The Labute approximate surface area is 170 Å². The zero-order chi connectivity index (χ0) is 19.6. The summed E-state index contributed by atoms with van der Waals surface area (Å²) in [5, 5.41) is 0. The van der Waals surface area contributed by atoms with Gasteiger partial charge in [0.1, 0.15) is 12.7 Å². The Hall–Kier alpha value is -2.44. The molecule has 0 amide bonds. The van der Waals surface area contributed by atoms with Crippen molar-refractivity contribution in [2.24, 2.45) is 0 Å². The predicted molar refractivity (Wildman–Crippen MR) is 110 cm³/mol. The molecule has 2 aliphatic heterocycles. The van der Waals surface area contributed by atoms with Crippen LogP contribution in [-0.2, 0) is 22.4 Å². The molecular weight excluding hydrogens is 368 g/mol. The maximum atomic E-state index is 12.6. The van der Waals surface area contributed by atoms with Crippen LogP contribution in [-0.4, -0.2) is 42.1 Å². The maximum Gasteiger partial charge on any atom is 0.351 e. The molecule has 1 aromatic heterocycles. The lowest BCUT2D eigenvalue weighted by Gasteiger charge is -2.24. The van der Waals surface area contributed by atoms with Gasteiger partial charge in [-0.05, 0) is 48.8 Å². The lowest BCUT2D eigenvalue weighted by atomic mass is 9.89. The van der Waals surface area contributed by atoms with Crippen molar-refractivity contribution in [2.75, 3.05) is 26.4 Å². The molecule has 5 rings (SSSR count). The summed E-state index contributed by atoms with van der Waals surface area (Å²) in [6, 6.07) is 8.51. The van der Waals surface area contributed by atoms with E-state index in [-0.39, 0.29) is 11.8 Å². The number of hydrogen-bond donors (Lipinski definition) is 0. The number of ether oxygens (including phenoxy) is 3. The molecule has 29 heavy (non-hydrogen) atoms. The number of fused-ring (bicyclic) bond motifs is 3. The number of hydrogen-bond acceptors (Lipinski definition) is 5. The highest BCUT2D eigenvalue weighted by Crippen LogP contribution is 2.34. The third-order valence-corrected chi connectivity index (χ3v) is 5.94. The quantitative estimate of drug-likeness (QED) is 0.797. The molecule has 3 aliphatic rings. The zero-order valence-electron chi connectivity index (χ0n) is 16.6. The molecule has 152 valence electrons. The van der Waals surface area contributed by atoms with Gasteiger partial charge in [-0.25, -0.2) is 4.79 Å². The summed E-state index contributed by atoms with van der Waals surface area (Å²) in [7, 11) is 0. The first-order chi connectivity index (χ1) is 14.3. The van der Waals surface area contributed by atoms with Crippen molar-refractivity contribution in [1.29, 1.82) is 0 Å². The first-order valence-electron chi connectivity index (χ1n) is 10.5. The van der Waals surface area contributed by atoms with Crippen LogP contribution < -0.4 is 10.4 Å². The summed E-state index contributed by atoms with van der Waals surface area (Å²) in [6.45, 7) is 2.67. The second-order valence-corrected chi connectivity index (χ2v) is 7.89. The van der Waals surface area contributed by atoms with Gasteiger partial charge in [0.05, 0.1) is 25.5 Å². The first-order valence-corrected chi connectivity index (χ1v) is 10.5. The Kier molecular flexibility index (Phi) is 5.21. The van der Waals surface area contributed by atoms with E-state index in [0.717, 1.165) is 24.1 Å². The van der Waals surface area contributed by atoms with Crippen molar-refractivity contribution in [3.8, 4) is 17.1 Å². The Morgan fingerprint density at radius 3 is 2.97 bits per heavy atom. The Morgan fingerprint density at radius 1 is 1.17 bits per heavy atom. The Balaban J connectivity index is 1.42. The van der Waals surface area contributed by atoms with Crippen LogP contribution in [0.3, 0.4) is 0 Å². The van der Waals surface area contributed by atoms with Crippen LogP contribution >= 0.6 is 0 Å². The lowest BCUT2D eigenvalue weighted by Crippen LogP contribution is -2.34.